The molecule has 0 saturated heterocycles. The predicted octanol–water partition coefficient (Wildman–Crippen LogP) is 5.41. The van der Waals surface area contributed by atoms with Gasteiger partial charge in [0.25, 0.3) is 11.5 Å². The first kappa shape index (κ1) is 22.6. The van der Waals surface area contributed by atoms with Gasteiger partial charge in [-0.15, -0.1) is 0 Å². The van der Waals surface area contributed by atoms with Crippen molar-refractivity contribution in [2.75, 3.05) is 11.4 Å². The molecule has 0 radical (unpaired) electrons. The van der Waals surface area contributed by atoms with Gasteiger partial charge in [0.1, 0.15) is 5.52 Å². The largest absolute Gasteiger partial charge is 0.339 e. The number of fused-ring (bicyclic) bond motifs is 3. The van der Waals surface area contributed by atoms with Gasteiger partial charge in [-0.2, -0.15) is 9.78 Å². The summed E-state index contributed by atoms with van der Waals surface area (Å²) in [6.07, 6.45) is 0.805. The van der Waals surface area contributed by atoms with E-state index >= 15 is 0 Å². The fraction of sp³-hybridized carbons (Fsp3) is 0.207. The average Bonchev–Trinajstić information content (AvgIpc) is 3.19. The lowest BCUT2D eigenvalue weighted by molar-refractivity contribution is 0.0983. The molecule has 0 atom stereocenters. The molecule has 0 aliphatic rings. The number of nitrogens with zero attached hydrogens (tertiary/aromatic N) is 4. The van der Waals surface area contributed by atoms with E-state index < -0.39 is 0 Å². The lowest BCUT2D eigenvalue weighted by Crippen LogP contribution is -2.35. The van der Waals surface area contributed by atoms with Crippen LogP contribution < -0.4 is 10.5 Å². The van der Waals surface area contributed by atoms with Gasteiger partial charge in [0.2, 0.25) is 0 Å². The quantitative estimate of drug-likeness (QED) is 0.349. The summed E-state index contributed by atoms with van der Waals surface area (Å²) >= 11 is 0. The Balaban J connectivity index is 1.85. The number of hydrogen-bond acceptors (Lipinski definition) is 3. The van der Waals surface area contributed by atoms with E-state index in [-0.39, 0.29) is 17.2 Å². The maximum Gasteiger partial charge on any atom is 0.296 e. The van der Waals surface area contributed by atoms with Crippen molar-refractivity contribution in [3.8, 4) is 5.69 Å². The van der Waals surface area contributed by atoms with Gasteiger partial charge in [0, 0.05) is 35.6 Å². The third kappa shape index (κ3) is 3.62. The number of aromatic nitrogens is 3. The smallest absolute Gasteiger partial charge is 0.296 e. The Bertz CT molecular complexity index is 1630. The van der Waals surface area contributed by atoms with Gasteiger partial charge < -0.3 is 9.47 Å². The molecule has 6 heteroatoms. The van der Waals surface area contributed by atoms with Gasteiger partial charge in [0.05, 0.1) is 5.69 Å². The topological polar surface area (TPSA) is 60.1 Å². The molecule has 0 fully saturated rings. The van der Waals surface area contributed by atoms with Crippen molar-refractivity contribution in [3.63, 3.8) is 0 Å². The predicted molar refractivity (Wildman–Crippen MR) is 142 cm³/mol. The molecule has 1 amide bonds. The molecule has 2 heterocycles. The Morgan fingerprint density at radius 2 is 1.63 bits per heavy atom. The average molecular weight is 465 g/mol. The van der Waals surface area contributed by atoms with Crippen LogP contribution in [-0.4, -0.2) is 26.8 Å². The van der Waals surface area contributed by atoms with E-state index in [1.165, 1.54) is 4.68 Å². The minimum Gasteiger partial charge on any atom is -0.339 e. The van der Waals surface area contributed by atoms with Crippen molar-refractivity contribution >= 4 is 33.4 Å². The first-order chi connectivity index (χ1) is 17.0. The molecule has 0 N–H and O–H groups in total. The van der Waals surface area contributed by atoms with Crippen molar-refractivity contribution in [1.82, 2.24) is 14.3 Å². The number of anilines is 1. The van der Waals surface area contributed by atoms with Crippen molar-refractivity contribution in [2.24, 2.45) is 7.05 Å². The summed E-state index contributed by atoms with van der Waals surface area (Å²) in [6.45, 7) is 6.51. The van der Waals surface area contributed by atoms with Gasteiger partial charge >= 0.3 is 0 Å². The Labute approximate surface area is 204 Å². The fourth-order valence-electron chi connectivity index (χ4n) is 4.81. The van der Waals surface area contributed by atoms with E-state index in [1.807, 2.05) is 98.3 Å². The Morgan fingerprint density at radius 1 is 0.943 bits per heavy atom. The number of para-hydroxylation sites is 2. The highest BCUT2D eigenvalue weighted by atomic mass is 16.2. The molecule has 0 bridgehead atoms. The first-order valence-electron chi connectivity index (χ1n) is 11.9. The van der Waals surface area contributed by atoms with Gasteiger partial charge in [-0.3, -0.25) is 9.59 Å². The van der Waals surface area contributed by atoms with Crippen LogP contribution in [0.15, 0.2) is 77.6 Å². The van der Waals surface area contributed by atoms with Gasteiger partial charge in [-0.25, -0.2) is 0 Å². The SMILES string of the molecule is CCc1ccccc1N(CC)C(=O)c1nn(-c2ccc(C)cc2)c(=O)c2c1c1ccccc1n2C. The molecule has 6 nitrogen and oxygen atoms in total. The van der Waals surface area contributed by atoms with Crippen LogP contribution in [0.25, 0.3) is 27.5 Å². The van der Waals surface area contributed by atoms with Crippen LogP contribution in [0.3, 0.4) is 0 Å². The zero-order chi connectivity index (χ0) is 24.7. The summed E-state index contributed by atoms with van der Waals surface area (Å²) in [4.78, 5) is 29.7. The third-order valence-corrected chi connectivity index (χ3v) is 6.64. The highest BCUT2D eigenvalue weighted by molar-refractivity contribution is 6.20. The molecular weight excluding hydrogens is 436 g/mol. The van der Waals surface area contributed by atoms with Gasteiger partial charge in [-0.1, -0.05) is 61.0 Å². The van der Waals surface area contributed by atoms with E-state index in [2.05, 4.69) is 6.92 Å². The van der Waals surface area contributed by atoms with Crippen LogP contribution in [0.1, 0.15) is 35.5 Å². The van der Waals surface area contributed by atoms with Crippen LogP contribution in [-0.2, 0) is 13.5 Å². The molecule has 5 rings (SSSR count). The lowest BCUT2D eigenvalue weighted by atomic mass is 10.1. The molecular formula is C29H28N4O2. The van der Waals surface area contributed by atoms with E-state index in [9.17, 15) is 9.59 Å². The van der Waals surface area contributed by atoms with Crippen LogP contribution in [0.5, 0.6) is 0 Å². The van der Waals surface area contributed by atoms with Crippen LogP contribution in [0.4, 0.5) is 5.69 Å². The molecule has 0 unspecified atom stereocenters. The van der Waals surface area contributed by atoms with Crippen molar-refractivity contribution in [2.45, 2.75) is 27.2 Å². The molecule has 0 saturated carbocycles. The van der Waals surface area contributed by atoms with Crippen LogP contribution in [0, 0.1) is 6.92 Å². The second-order valence-electron chi connectivity index (χ2n) is 8.73. The normalized spacial score (nSPS) is 11.3. The molecule has 0 spiro atoms. The number of aryl methyl sites for hydroxylation is 3. The van der Waals surface area contributed by atoms with Crippen LogP contribution in [0.2, 0.25) is 0 Å². The summed E-state index contributed by atoms with van der Waals surface area (Å²) < 4.78 is 3.22. The monoisotopic (exact) mass is 464 g/mol. The van der Waals surface area contributed by atoms with E-state index in [0.29, 0.717) is 23.1 Å². The van der Waals surface area contributed by atoms with Gasteiger partial charge in [0.15, 0.2) is 5.69 Å². The minimum atomic E-state index is -0.254. The van der Waals surface area contributed by atoms with E-state index in [0.717, 1.165) is 34.1 Å². The molecule has 176 valence electrons. The summed E-state index contributed by atoms with van der Waals surface area (Å²) in [5.41, 5.74) is 5.02. The third-order valence-electron chi connectivity index (χ3n) is 6.64. The van der Waals surface area contributed by atoms with Crippen molar-refractivity contribution in [3.05, 3.63) is 100.0 Å². The zero-order valence-electron chi connectivity index (χ0n) is 20.4. The highest BCUT2D eigenvalue weighted by Gasteiger charge is 2.27. The summed E-state index contributed by atoms with van der Waals surface area (Å²) in [6, 6.07) is 23.3. The molecule has 0 aliphatic heterocycles. The second-order valence-corrected chi connectivity index (χ2v) is 8.73. The standard InChI is InChI=1S/C29H28N4O2/c1-5-20-11-7-9-13-23(20)32(6-2)28(34)26-25-22-12-8-10-14-24(22)31(4)27(25)29(35)33(30-26)21-17-15-19(3)16-18-21/h7-18H,5-6H2,1-4H3. The Morgan fingerprint density at radius 3 is 2.34 bits per heavy atom. The summed E-state index contributed by atoms with van der Waals surface area (Å²) in [5, 5.41) is 6.15. The molecule has 5 aromatic rings. The molecule has 0 aliphatic carbocycles. The number of rotatable bonds is 5. The Kier molecular flexibility index (Phi) is 5.73. The maximum atomic E-state index is 14.2. The first-order valence-corrected chi connectivity index (χ1v) is 11.9. The van der Waals surface area contributed by atoms with Crippen molar-refractivity contribution in [1.29, 1.82) is 0 Å². The Hall–Kier alpha value is -4.19. The number of carbonyl (C=O) groups is 1. The molecule has 35 heavy (non-hydrogen) atoms. The summed E-state index contributed by atoms with van der Waals surface area (Å²) in [5.74, 6) is -0.226. The molecule has 3 aromatic carbocycles. The van der Waals surface area contributed by atoms with Crippen molar-refractivity contribution < 1.29 is 4.79 Å². The zero-order valence-corrected chi connectivity index (χ0v) is 20.4. The number of carbonyl (C=O) groups excluding carboxylic acids is 1. The van der Waals surface area contributed by atoms with Gasteiger partial charge in [-0.05, 0) is 50.1 Å². The number of hydrogen-bond donors (Lipinski definition) is 0. The van der Waals surface area contributed by atoms with Crippen LogP contribution >= 0.6 is 0 Å². The molecule has 2 aromatic heterocycles. The highest BCUT2D eigenvalue weighted by Crippen LogP contribution is 2.30. The van der Waals surface area contributed by atoms with E-state index in [1.54, 1.807) is 4.90 Å². The number of amides is 1. The maximum absolute atomic E-state index is 14.2. The summed E-state index contributed by atoms with van der Waals surface area (Å²) in [7, 11) is 1.86. The lowest BCUT2D eigenvalue weighted by Gasteiger charge is -2.24. The minimum absolute atomic E-state index is 0.226. The fourth-order valence-corrected chi connectivity index (χ4v) is 4.81. The number of benzene rings is 3. The van der Waals surface area contributed by atoms with E-state index in [4.69, 9.17) is 5.10 Å². The second kappa shape index (κ2) is 8.87.